The molecule has 0 aliphatic carbocycles. The number of nitrogens with zero attached hydrogens (tertiary/aromatic N) is 2. The number of methoxy groups -OCH3 is 2. The second-order valence-corrected chi connectivity index (χ2v) is 9.89. The molecule has 0 radical (unpaired) electrons. The lowest BCUT2D eigenvalue weighted by Gasteiger charge is -2.31. The van der Waals surface area contributed by atoms with Gasteiger partial charge in [0.25, 0.3) is 0 Å². The molecule has 1 aliphatic rings. The summed E-state index contributed by atoms with van der Waals surface area (Å²) in [6.45, 7) is 0.709. The van der Waals surface area contributed by atoms with Gasteiger partial charge in [-0.3, -0.25) is 0 Å². The lowest BCUT2D eigenvalue weighted by Crippen LogP contribution is -2.41. The number of benzene rings is 3. The average Bonchev–Trinajstić information content (AvgIpc) is 2.88. The number of sulfonamides is 1. The van der Waals surface area contributed by atoms with Crippen LogP contribution in [0.3, 0.4) is 0 Å². The van der Waals surface area contributed by atoms with Gasteiger partial charge < -0.3 is 14.2 Å². The largest absolute Gasteiger partial charge is 0.497 e. The molecule has 7 nitrogen and oxygen atoms in total. The van der Waals surface area contributed by atoms with Crippen LogP contribution in [-0.4, -0.2) is 46.1 Å². The number of piperidine rings is 1. The van der Waals surface area contributed by atoms with Crippen LogP contribution in [0.15, 0.2) is 71.6 Å². The van der Waals surface area contributed by atoms with Crippen molar-refractivity contribution in [3.63, 3.8) is 0 Å². The molecule has 3 aromatic rings. The van der Waals surface area contributed by atoms with Crippen LogP contribution in [0.2, 0.25) is 0 Å². The van der Waals surface area contributed by atoms with Crippen LogP contribution in [0.25, 0.3) is 11.1 Å². The molecule has 0 N–H and O–H groups in total. The lowest BCUT2D eigenvalue weighted by molar-refractivity contribution is 0.135. The summed E-state index contributed by atoms with van der Waals surface area (Å²) < 4.78 is 44.5. The van der Waals surface area contributed by atoms with Crippen molar-refractivity contribution < 1.29 is 22.6 Å². The fourth-order valence-corrected chi connectivity index (χ4v) is 5.55. The van der Waals surface area contributed by atoms with Gasteiger partial charge in [0.2, 0.25) is 10.0 Å². The van der Waals surface area contributed by atoms with Gasteiger partial charge in [0.1, 0.15) is 23.4 Å². The van der Waals surface area contributed by atoms with Gasteiger partial charge in [0.15, 0.2) is 0 Å². The highest BCUT2D eigenvalue weighted by Crippen LogP contribution is 2.35. The van der Waals surface area contributed by atoms with Crippen LogP contribution in [-0.2, 0) is 10.0 Å². The van der Waals surface area contributed by atoms with E-state index in [4.69, 9.17) is 19.5 Å². The van der Waals surface area contributed by atoms with Crippen molar-refractivity contribution in [2.24, 2.45) is 0 Å². The molecule has 0 spiro atoms. The van der Waals surface area contributed by atoms with Crippen LogP contribution in [0.1, 0.15) is 18.4 Å². The summed E-state index contributed by atoms with van der Waals surface area (Å²) >= 11 is 0. The van der Waals surface area contributed by atoms with E-state index in [0.29, 0.717) is 37.2 Å². The van der Waals surface area contributed by atoms with Crippen LogP contribution < -0.4 is 14.2 Å². The predicted molar refractivity (Wildman–Crippen MR) is 129 cm³/mol. The maximum absolute atomic E-state index is 13.0. The van der Waals surface area contributed by atoms with Crippen molar-refractivity contribution >= 4 is 10.0 Å². The minimum absolute atomic E-state index is 0.0978. The first-order valence-corrected chi connectivity index (χ1v) is 12.4. The van der Waals surface area contributed by atoms with Gasteiger partial charge in [-0.15, -0.1) is 0 Å². The molecular weight excluding hydrogens is 452 g/mol. The summed E-state index contributed by atoms with van der Waals surface area (Å²) in [6.07, 6.45) is 1.05. The van der Waals surface area contributed by atoms with Crippen molar-refractivity contribution in [1.82, 2.24) is 4.31 Å². The third-order valence-electron chi connectivity index (χ3n) is 5.86. The number of ether oxygens (including phenoxy) is 3. The Morgan fingerprint density at radius 1 is 0.912 bits per heavy atom. The molecule has 0 atom stereocenters. The van der Waals surface area contributed by atoms with Crippen LogP contribution in [0.5, 0.6) is 17.2 Å². The normalized spacial score (nSPS) is 14.9. The zero-order valence-corrected chi connectivity index (χ0v) is 19.9. The summed E-state index contributed by atoms with van der Waals surface area (Å²) in [4.78, 5) is 0.144. The van der Waals surface area contributed by atoms with E-state index in [9.17, 15) is 8.42 Å². The standard InChI is InChI=1S/C26H26N2O5S/c1-31-22-9-10-26(32-2)25(17-22)20-6-4-7-23(16-20)33-21-11-13-28(14-12-21)34(29,30)24-8-3-5-19(15-24)18-27/h3-10,15-17,21H,11-14H2,1-2H3. The van der Waals surface area contributed by atoms with Crippen molar-refractivity contribution in [3.8, 4) is 34.4 Å². The fraction of sp³-hybridized carbons (Fsp3) is 0.269. The Kier molecular flexibility index (Phi) is 7.06. The van der Waals surface area contributed by atoms with Gasteiger partial charge >= 0.3 is 0 Å². The van der Waals surface area contributed by atoms with E-state index in [1.807, 2.05) is 48.5 Å². The first-order valence-electron chi connectivity index (χ1n) is 10.9. The Labute approximate surface area is 200 Å². The molecule has 4 rings (SSSR count). The number of nitriles is 1. The van der Waals surface area contributed by atoms with E-state index >= 15 is 0 Å². The van der Waals surface area contributed by atoms with Gasteiger partial charge in [0, 0.05) is 18.7 Å². The molecule has 0 saturated carbocycles. The van der Waals surface area contributed by atoms with Crippen LogP contribution in [0.4, 0.5) is 0 Å². The summed E-state index contributed by atoms with van der Waals surface area (Å²) in [6, 6.07) is 21.5. The Balaban J connectivity index is 1.45. The van der Waals surface area contributed by atoms with Crippen molar-refractivity contribution in [1.29, 1.82) is 5.26 Å². The van der Waals surface area contributed by atoms with Crippen molar-refractivity contribution in [2.45, 2.75) is 23.8 Å². The van der Waals surface area contributed by atoms with Gasteiger partial charge in [-0.1, -0.05) is 18.2 Å². The van der Waals surface area contributed by atoms with Crippen LogP contribution in [0, 0.1) is 11.3 Å². The summed E-state index contributed by atoms with van der Waals surface area (Å²) in [5, 5.41) is 9.07. The van der Waals surface area contributed by atoms with E-state index in [1.165, 1.54) is 16.4 Å². The minimum Gasteiger partial charge on any atom is -0.497 e. The SMILES string of the molecule is COc1ccc(OC)c(-c2cccc(OC3CCN(S(=O)(=O)c4cccc(C#N)c4)CC3)c2)c1. The third kappa shape index (κ3) is 5.01. The highest BCUT2D eigenvalue weighted by Gasteiger charge is 2.30. The first-order chi connectivity index (χ1) is 16.4. The molecule has 1 heterocycles. The second-order valence-electron chi connectivity index (χ2n) is 7.95. The highest BCUT2D eigenvalue weighted by atomic mass is 32.2. The highest BCUT2D eigenvalue weighted by molar-refractivity contribution is 7.89. The molecule has 0 bridgehead atoms. The maximum atomic E-state index is 13.0. The van der Waals surface area contributed by atoms with Crippen molar-refractivity contribution in [3.05, 3.63) is 72.3 Å². The molecular formula is C26H26N2O5S. The lowest BCUT2D eigenvalue weighted by atomic mass is 10.0. The quantitative estimate of drug-likeness (QED) is 0.498. The van der Waals surface area contributed by atoms with Crippen molar-refractivity contribution in [2.75, 3.05) is 27.3 Å². The van der Waals surface area contributed by atoms with E-state index in [-0.39, 0.29) is 11.0 Å². The fourth-order valence-electron chi connectivity index (χ4n) is 4.03. The smallest absolute Gasteiger partial charge is 0.243 e. The Bertz CT molecular complexity index is 1310. The Morgan fingerprint density at radius 2 is 1.68 bits per heavy atom. The van der Waals surface area contributed by atoms with Gasteiger partial charge in [-0.05, 0) is 66.9 Å². The zero-order valence-electron chi connectivity index (χ0n) is 19.1. The van der Waals surface area contributed by atoms with Crippen LogP contribution >= 0.6 is 0 Å². The molecule has 0 amide bonds. The van der Waals surface area contributed by atoms with Gasteiger partial charge in [0.05, 0.1) is 30.7 Å². The predicted octanol–water partition coefficient (Wildman–Crippen LogP) is 4.47. The summed E-state index contributed by atoms with van der Waals surface area (Å²) in [5.74, 6) is 2.18. The molecule has 34 heavy (non-hydrogen) atoms. The van der Waals surface area contributed by atoms with Gasteiger partial charge in [-0.25, -0.2) is 8.42 Å². The van der Waals surface area contributed by atoms with E-state index in [0.717, 1.165) is 22.6 Å². The maximum Gasteiger partial charge on any atom is 0.243 e. The molecule has 1 fully saturated rings. The topological polar surface area (TPSA) is 88.9 Å². The summed E-state index contributed by atoms with van der Waals surface area (Å²) in [7, 11) is -0.395. The molecule has 8 heteroatoms. The third-order valence-corrected chi connectivity index (χ3v) is 7.75. The number of rotatable bonds is 7. The molecule has 0 unspecified atom stereocenters. The van der Waals surface area contributed by atoms with E-state index in [2.05, 4.69) is 0 Å². The molecule has 0 aromatic heterocycles. The number of hydrogen-bond donors (Lipinski definition) is 0. The molecule has 176 valence electrons. The van der Waals surface area contributed by atoms with E-state index in [1.54, 1.807) is 26.4 Å². The van der Waals surface area contributed by atoms with Gasteiger partial charge in [-0.2, -0.15) is 9.57 Å². The molecule has 3 aromatic carbocycles. The number of hydrogen-bond acceptors (Lipinski definition) is 6. The average molecular weight is 479 g/mol. The van der Waals surface area contributed by atoms with E-state index < -0.39 is 10.0 Å². The monoisotopic (exact) mass is 478 g/mol. The molecule has 1 saturated heterocycles. The molecule has 1 aliphatic heterocycles. The second kappa shape index (κ2) is 10.2. The summed E-state index contributed by atoms with van der Waals surface area (Å²) in [5.41, 5.74) is 2.16. The minimum atomic E-state index is -3.65. The zero-order chi connectivity index (χ0) is 24.1. The first kappa shape index (κ1) is 23.6. The Morgan fingerprint density at radius 3 is 2.38 bits per heavy atom. The Hall–Kier alpha value is -3.54.